The maximum atomic E-state index is 3.87. The molecule has 2 heterocycles. The van der Waals surface area contributed by atoms with Crippen molar-refractivity contribution >= 4 is 22.7 Å². The molecule has 0 bridgehead atoms. The summed E-state index contributed by atoms with van der Waals surface area (Å²) in [4.78, 5) is 3.68. The predicted octanol–water partition coefficient (Wildman–Crippen LogP) is 4.42. The first-order valence-electron chi connectivity index (χ1n) is 8.22. The second-order valence-corrected chi connectivity index (χ2v) is 8.47. The summed E-state index contributed by atoms with van der Waals surface area (Å²) in [6.45, 7) is 3.56. The largest absolute Gasteiger partial charge is 0.357 e. The van der Waals surface area contributed by atoms with Crippen molar-refractivity contribution in [3.8, 4) is 0 Å². The van der Waals surface area contributed by atoms with Gasteiger partial charge in [0.05, 0.1) is 0 Å². The molecule has 0 spiro atoms. The summed E-state index contributed by atoms with van der Waals surface area (Å²) >= 11 is 2.15. The Hall–Kier alpha value is -0.930. The lowest BCUT2D eigenvalue weighted by Gasteiger charge is -2.29. The van der Waals surface area contributed by atoms with E-state index < -0.39 is 0 Å². The zero-order valence-corrected chi connectivity index (χ0v) is 13.6. The topological polar surface area (TPSA) is 27.8 Å². The smallest absolute Gasteiger partial charge is 0.0476 e. The number of benzene rings is 1. The molecule has 1 aliphatic heterocycles. The minimum atomic E-state index is 0.448. The number of rotatable bonds is 3. The average Bonchev–Trinajstić information content (AvgIpc) is 3.10. The maximum Gasteiger partial charge on any atom is 0.0476 e. The van der Waals surface area contributed by atoms with Crippen LogP contribution in [0, 0.1) is 0 Å². The molecule has 1 aromatic heterocycles. The van der Waals surface area contributed by atoms with E-state index in [4.69, 9.17) is 0 Å². The highest BCUT2D eigenvalue weighted by Crippen LogP contribution is 2.39. The third-order valence-electron chi connectivity index (χ3n) is 5.14. The Balaban J connectivity index is 1.58. The van der Waals surface area contributed by atoms with Crippen LogP contribution in [0.2, 0.25) is 0 Å². The van der Waals surface area contributed by atoms with Gasteiger partial charge >= 0.3 is 0 Å². The van der Waals surface area contributed by atoms with Gasteiger partial charge in [0.2, 0.25) is 0 Å². The number of para-hydroxylation sites is 1. The van der Waals surface area contributed by atoms with E-state index in [-0.39, 0.29) is 0 Å². The van der Waals surface area contributed by atoms with Crippen molar-refractivity contribution < 1.29 is 0 Å². The van der Waals surface area contributed by atoms with Crippen LogP contribution in [0.5, 0.6) is 0 Å². The van der Waals surface area contributed by atoms with Gasteiger partial charge in [0.15, 0.2) is 0 Å². The molecule has 2 N–H and O–H groups in total. The molecule has 2 aromatic rings. The average molecular weight is 300 g/mol. The van der Waals surface area contributed by atoms with Crippen LogP contribution in [0.1, 0.15) is 49.9 Å². The molecule has 1 saturated heterocycles. The number of aromatic amines is 1. The Bertz CT molecular complexity index is 640. The first kappa shape index (κ1) is 13.7. The number of aryl methyl sites for hydroxylation is 1. The molecule has 0 saturated carbocycles. The molecule has 4 rings (SSSR count). The van der Waals surface area contributed by atoms with Crippen molar-refractivity contribution in [3.63, 3.8) is 0 Å². The van der Waals surface area contributed by atoms with Crippen LogP contribution in [0.3, 0.4) is 0 Å². The zero-order chi connectivity index (χ0) is 14.3. The lowest BCUT2D eigenvalue weighted by atomic mass is 9.91. The summed E-state index contributed by atoms with van der Waals surface area (Å²) in [5.41, 5.74) is 4.31. The molecule has 0 radical (unpaired) electrons. The molecule has 0 amide bonds. The fourth-order valence-corrected chi connectivity index (χ4v) is 5.19. The van der Waals surface area contributed by atoms with E-state index in [0.717, 1.165) is 6.54 Å². The van der Waals surface area contributed by atoms with Crippen LogP contribution in [-0.4, -0.2) is 22.0 Å². The monoisotopic (exact) mass is 300 g/mol. The molecule has 21 heavy (non-hydrogen) atoms. The number of hydrogen-bond donors (Lipinski definition) is 2. The quantitative estimate of drug-likeness (QED) is 0.878. The van der Waals surface area contributed by atoms with Gasteiger partial charge < -0.3 is 10.3 Å². The van der Waals surface area contributed by atoms with Crippen molar-refractivity contribution in [1.82, 2.24) is 10.3 Å². The standard InChI is InChI=1S/C18H24N2S/c1-18(10-5-11-21-18)12-19-16-9-4-7-14-13-6-2-3-8-15(13)20-17(14)16/h2-3,6,8,16,19-20H,4-5,7,9-12H2,1H3. The van der Waals surface area contributed by atoms with Gasteiger partial charge in [-0.05, 0) is 56.4 Å². The number of fused-ring (bicyclic) bond motifs is 3. The van der Waals surface area contributed by atoms with E-state index in [9.17, 15) is 0 Å². The zero-order valence-electron chi connectivity index (χ0n) is 12.7. The number of hydrogen-bond acceptors (Lipinski definition) is 2. The molecule has 2 unspecified atom stereocenters. The van der Waals surface area contributed by atoms with Crippen LogP contribution in [0.4, 0.5) is 0 Å². The minimum absolute atomic E-state index is 0.448. The molecular formula is C18H24N2S. The van der Waals surface area contributed by atoms with Gasteiger partial charge in [0, 0.05) is 33.9 Å². The summed E-state index contributed by atoms with van der Waals surface area (Å²) in [5, 5.41) is 5.30. The Morgan fingerprint density at radius 1 is 1.33 bits per heavy atom. The van der Waals surface area contributed by atoms with Crippen molar-refractivity contribution in [1.29, 1.82) is 0 Å². The van der Waals surface area contributed by atoms with Gasteiger partial charge in [-0.2, -0.15) is 11.8 Å². The van der Waals surface area contributed by atoms with Crippen LogP contribution < -0.4 is 5.32 Å². The number of nitrogens with one attached hydrogen (secondary N) is 2. The fourth-order valence-electron chi connectivity index (χ4n) is 3.93. The van der Waals surface area contributed by atoms with Gasteiger partial charge in [-0.3, -0.25) is 0 Å². The van der Waals surface area contributed by atoms with Gasteiger partial charge in [0.1, 0.15) is 0 Å². The van der Waals surface area contributed by atoms with Crippen LogP contribution >= 0.6 is 11.8 Å². The Labute approximate surface area is 131 Å². The van der Waals surface area contributed by atoms with E-state index in [0.29, 0.717) is 10.8 Å². The Morgan fingerprint density at radius 3 is 3.10 bits per heavy atom. The summed E-state index contributed by atoms with van der Waals surface area (Å²) in [5.74, 6) is 1.33. The first-order chi connectivity index (χ1) is 10.3. The second-order valence-electron chi connectivity index (χ2n) is 6.79. The SMILES string of the molecule is CC1(CNC2CCCc3c2[nH]c2ccccc32)CCCS1. The predicted molar refractivity (Wildman–Crippen MR) is 92.1 cm³/mol. The van der Waals surface area contributed by atoms with Crippen molar-refractivity contribution in [2.45, 2.75) is 49.8 Å². The highest BCUT2D eigenvalue weighted by atomic mass is 32.2. The second kappa shape index (κ2) is 5.36. The van der Waals surface area contributed by atoms with Crippen molar-refractivity contribution in [3.05, 3.63) is 35.5 Å². The Morgan fingerprint density at radius 2 is 2.24 bits per heavy atom. The normalized spacial score (nSPS) is 28.9. The van der Waals surface area contributed by atoms with Gasteiger partial charge in [-0.25, -0.2) is 0 Å². The van der Waals surface area contributed by atoms with E-state index in [1.165, 1.54) is 54.5 Å². The van der Waals surface area contributed by atoms with E-state index in [1.807, 2.05) is 0 Å². The molecule has 2 aliphatic rings. The number of thioether (sulfide) groups is 1. The summed E-state index contributed by atoms with van der Waals surface area (Å²) in [6, 6.07) is 9.27. The van der Waals surface area contributed by atoms with E-state index >= 15 is 0 Å². The lowest BCUT2D eigenvalue weighted by Crippen LogP contribution is -2.36. The Kier molecular flexibility index (Phi) is 3.50. The highest BCUT2D eigenvalue weighted by Gasteiger charge is 2.31. The molecule has 112 valence electrons. The minimum Gasteiger partial charge on any atom is -0.357 e. The molecule has 1 aromatic carbocycles. The molecule has 3 heteroatoms. The highest BCUT2D eigenvalue weighted by molar-refractivity contribution is 8.00. The summed E-state index contributed by atoms with van der Waals surface area (Å²) in [7, 11) is 0. The lowest BCUT2D eigenvalue weighted by molar-refractivity contribution is 0.421. The van der Waals surface area contributed by atoms with E-state index in [2.05, 4.69) is 53.3 Å². The van der Waals surface area contributed by atoms with Crippen molar-refractivity contribution in [2.75, 3.05) is 12.3 Å². The van der Waals surface area contributed by atoms with Gasteiger partial charge in [0.25, 0.3) is 0 Å². The molecule has 1 aliphatic carbocycles. The molecule has 2 nitrogen and oxygen atoms in total. The van der Waals surface area contributed by atoms with Crippen LogP contribution in [-0.2, 0) is 6.42 Å². The molecule has 1 fully saturated rings. The van der Waals surface area contributed by atoms with Crippen LogP contribution in [0.15, 0.2) is 24.3 Å². The van der Waals surface area contributed by atoms with Gasteiger partial charge in [-0.1, -0.05) is 18.2 Å². The summed E-state index contributed by atoms with van der Waals surface area (Å²) < 4.78 is 0.448. The van der Waals surface area contributed by atoms with Crippen molar-refractivity contribution in [2.24, 2.45) is 0 Å². The van der Waals surface area contributed by atoms with E-state index in [1.54, 1.807) is 5.56 Å². The third kappa shape index (κ3) is 2.51. The number of H-pyrrole nitrogens is 1. The summed E-state index contributed by atoms with van der Waals surface area (Å²) in [6.07, 6.45) is 6.53. The third-order valence-corrected chi connectivity index (χ3v) is 6.68. The number of aromatic nitrogens is 1. The molecular weight excluding hydrogens is 276 g/mol. The van der Waals surface area contributed by atoms with Crippen LogP contribution in [0.25, 0.3) is 10.9 Å². The molecule has 2 atom stereocenters. The first-order valence-corrected chi connectivity index (χ1v) is 9.21. The fraction of sp³-hybridized carbons (Fsp3) is 0.556. The maximum absolute atomic E-state index is 3.87. The van der Waals surface area contributed by atoms with Gasteiger partial charge in [-0.15, -0.1) is 0 Å².